The van der Waals surface area contributed by atoms with Crippen LogP contribution in [0.5, 0.6) is 11.5 Å². The van der Waals surface area contributed by atoms with Crippen LogP contribution in [0.2, 0.25) is 0 Å². The predicted octanol–water partition coefficient (Wildman–Crippen LogP) is 2.74. The Hall–Kier alpha value is -2.04. The Morgan fingerprint density at radius 1 is 1.15 bits per heavy atom. The average molecular weight is 277 g/mol. The molecule has 2 heterocycles. The van der Waals surface area contributed by atoms with Crippen LogP contribution in [0.4, 0.5) is 4.39 Å². The van der Waals surface area contributed by atoms with Crippen LogP contribution in [0.1, 0.15) is 24.8 Å². The average Bonchev–Trinajstić information content (AvgIpc) is 2.95. The van der Waals surface area contributed by atoms with Gasteiger partial charge in [-0.15, -0.1) is 0 Å². The van der Waals surface area contributed by atoms with Gasteiger partial charge in [-0.1, -0.05) is 6.07 Å². The molecule has 0 N–H and O–H groups in total. The minimum atomic E-state index is -0.731. The number of rotatable bonds is 2. The monoisotopic (exact) mass is 277 g/mol. The van der Waals surface area contributed by atoms with E-state index < -0.39 is 11.7 Å². The third-order valence-corrected chi connectivity index (χ3v) is 3.54. The number of benzene rings is 1. The number of piperidine rings is 1. The van der Waals surface area contributed by atoms with Crippen molar-refractivity contribution in [1.82, 2.24) is 4.90 Å². The number of carbonyl (C=O) groups excluding carboxylic acids is 1. The molecule has 5 heteroatoms. The van der Waals surface area contributed by atoms with Gasteiger partial charge in [-0.25, -0.2) is 4.39 Å². The van der Waals surface area contributed by atoms with E-state index in [4.69, 9.17) is 9.47 Å². The topological polar surface area (TPSA) is 38.8 Å². The second kappa shape index (κ2) is 5.53. The molecule has 20 heavy (non-hydrogen) atoms. The van der Waals surface area contributed by atoms with Crippen molar-refractivity contribution in [3.8, 4) is 11.5 Å². The first-order valence-corrected chi connectivity index (χ1v) is 6.80. The summed E-state index contributed by atoms with van der Waals surface area (Å²) >= 11 is 0. The third kappa shape index (κ3) is 2.61. The van der Waals surface area contributed by atoms with Crippen molar-refractivity contribution in [2.24, 2.45) is 0 Å². The number of hydrogen-bond acceptors (Lipinski definition) is 3. The van der Waals surface area contributed by atoms with E-state index in [2.05, 4.69) is 0 Å². The fourth-order valence-corrected chi connectivity index (χ4v) is 2.46. The molecule has 1 aromatic rings. The molecule has 0 unspecified atom stereocenters. The smallest absolute Gasteiger partial charge is 0.282 e. The van der Waals surface area contributed by atoms with Crippen LogP contribution in [0.25, 0.3) is 6.08 Å². The molecule has 1 amide bonds. The molecule has 0 aromatic heterocycles. The van der Waals surface area contributed by atoms with Gasteiger partial charge in [-0.05, 0) is 43.0 Å². The van der Waals surface area contributed by atoms with Gasteiger partial charge < -0.3 is 14.4 Å². The SMILES string of the molecule is O=C(/C(F)=C\c1ccc2c(c1)OCO2)N1CCCCC1. The summed E-state index contributed by atoms with van der Waals surface area (Å²) in [6.45, 7) is 1.46. The highest BCUT2D eigenvalue weighted by Gasteiger charge is 2.20. The van der Waals surface area contributed by atoms with Crippen molar-refractivity contribution in [2.75, 3.05) is 19.9 Å². The lowest BCUT2D eigenvalue weighted by Gasteiger charge is -2.25. The summed E-state index contributed by atoms with van der Waals surface area (Å²) in [7, 11) is 0. The number of nitrogens with zero attached hydrogens (tertiary/aromatic N) is 1. The fraction of sp³-hybridized carbons (Fsp3) is 0.400. The molecule has 0 atom stereocenters. The van der Waals surface area contributed by atoms with E-state index in [1.54, 1.807) is 23.1 Å². The summed E-state index contributed by atoms with van der Waals surface area (Å²) in [4.78, 5) is 13.5. The molecule has 1 fully saturated rings. The minimum absolute atomic E-state index is 0.178. The van der Waals surface area contributed by atoms with Crippen LogP contribution >= 0.6 is 0 Å². The van der Waals surface area contributed by atoms with E-state index in [-0.39, 0.29) is 6.79 Å². The van der Waals surface area contributed by atoms with Gasteiger partial charge in [0, 0.05) is 13.1 Å². The van der Waals surface area contributed by atoms with E-state index in [1.807, 2.05) is 0 Å². The van der Waals surface area contributed by atoms with Crippen LogP contribution in [0, 0.1) is 0 Å². The number of ether oxygens (including phenoxy) is 2. The number of fused-ring (bicyclic) bond motifs is 1. The highest BCUT2D eigenvalue weighted by atomic mass is 19.1. The highest BCUT2D eigenvalue weighted by molar-refractivity contribution is 5.95. The van der Waals surface area contributed by atoms with Crippen LogP contribution < -0.4 is 9.47 Å². The van der Waals surface area contributed by atoms with Gasteiger partial charge in [0.05, 0.1) is 0 Å². The van der Waals surface area contributed by atoms with Gasteiger partial charge in [-0.2, -0.15) is 0 Å². The van der Waals surface area contributed by atoms with E-state index in [0.29, 0.717) is 30.2 Å². The van der Waals surface area contributed by atoms with Crippen molar-refractivity contribution < 1.29 is 18.7 Å². The molecule has 2 aliphatic heterocycles. The fourth-order valence-electron chi connectivity index (χ4n) is 2.46. The second-order valence-electron chi connectivity index (χ2n) is 4.96. The Morgan fingerprint density at radius 3 is 2.70 bits per heavy atom. The highest BCUT2D eigenvalue weighted by Crippen LogP contribution is 2.33. The molecule has 1 saturated heterocycles. The van der Waals surface area contributed by atoms with Crippen molar-refractivity contribution in [3.05, 3.63) is 29.6 Å². The Labute approximate surface area is 116 Å². The van der Waals surface area contributed by atoms with Crippen LogP contribution in [-0.4, -0.2) is 30.7 Å². The molecule has 0 radical (unpaired) electrons. The van der Waals surface area contributed by atoms with E-state index in [1.165, 1.54) is 6.08 Å². The number of halogens is 1. The third-order valence-electron chi connectivity index (χ3n) is 3.54. The van der Waals surface area contributed by atoms with Crippen LogP contribution in [0.3, 0.4) is 0 Å². The van der Waals surface area contributed by atoms with E-state index in [0.717, 1.165) is 19.3 Å². The predicted molar refractivity (Wildman–Crippen MR) is 72.1 cm³/mol. The molecular formula is C15H16FNO3. The van der Waals surface area contributed by atoms with Gasteiger partial charge in [-0.3, -0.25) is 4.79 Å². The molecule has 2 aliphatic rings. The van der Waals surface area contributed by atoms with Crippen LogP contribution in [0.15, 0.2) is 24.0 Å². The standard InChI is InChI=1S/C15H16FNO3/c16-12(15(18)17-6-2-1-3-7-17)8-11-4-5-13-14(9-11)20-10-19-13/h4-5,8-9H,1-3,6-7,10H2/b12-8+. The molecule has 0 spiro atoms. The van der Waals surface area contributed by atoms with Crippen molar-refractivity contribution in [2.45, 2.75) is 19.3 Å². The summed E-state index contributed by atoms with van der Waals surface area (Å²) in [5, 5.41) is 0. The van der Waals surface area contributed by atoms with Crippen molar-refractivity contribution >= 4 is 12.0 Å². The zero-order valence-corrected chi connectivity index (χ0v) is 11.1. The summed E-state index contributed by atoms with van der Waals surface area (Å²) in [6.07, 6.45) is 4.25. The number of likely N-dealkylation sites (tertiary alicyclic amines) is 1. The molecule has 4 nitrogen and oxygen atoms in total. The summed E-state index contributed by atoms with van der Waals surface area (Å²) in [5.74, 6) is -0.0324. The summed E-state index contributed by atoms with van der Waals surface area (Å²) in [6, 6.07) is 5.09. The van der Waals surface area contributed by atoms with Crippen LogP contribution in [-0.2, 0) is 4.79 Å². The van der Waals surface area contributed by atoms with Crippen molar-refractivity contribution in [3.63, 3.8) is 0 Å². The summed E-state index contributed by atoms with van der Waals surface area (Å²) < 4.78 is 24.4. The molecule has 0 saturated carbocycles. The quantitative estimate of drug-likeness (QED) is 0.780. The Balaban J connectivity index is 1.75. The second-order valence-corrected chi connectivity index (χ2v) is 4.96. The first-order chi connectivity index (χ1) is 9.74. The molecular weight excluding hydrogens is 261 g/mol. The summed E-state index contributed by atoms with van der Waals surface area (Å²) in [5.41, 5.74) is 0.595. The zero-order valence-electron chi connectivity index (χ0n) is 11.1. The number of amides is 1. The van der Waals surface area contributed by atoms with Crippen molar-refractivity contribution in [1.29, 1.82) is 0 Å². The maximum atomic E-state index is 14.0. The van der Waals surface area contributed by atoms with Gasteiger partial charge in [0.25, 0.3) is 5.91 Å². The molecule has 1 aromatic carbocycles. The number of hydrogen-bond donors (Lipinski definition) is 0. The molecule has 0 bridgehead atoms. The molecule has 3 rings (SSSR count). The van der Waals surface area contributed by atoms with Gasteiger partial charge in [0.1, 0.15) is 0 Å². The van der Waals surface area contributed by atoms with E-state index >= 15 is 0 Å². The Morgan fingerprint density at radius 2 is 1.90 bits per heavy atom. The molecule has 0 aliphatic carbocycles. The largest absolute Gasteiger partial charge is 0.454 e. The lowest BCUT2D eigenvalue weighted by molar-refractivity contribution is -0.129. The van der Waals surface area contributed by atoms with Gasteiger partial charge >= 0.3 is 0 Å². The van der Waals surface area contributed by atoms with Gasteiger partial charge in [0.15, 0.2) is 17.3 Å². The number of carbonyl (C=O) groups is 1. The first-order valence-electron chi connectivity index (χ1n) is 6.80. The normalized spacial score (nSPS) is 18.2. The zero-order chi connectivity index (χ0) is 13.9. The first kappa shape index (κ1) is 13.0. The minimum Gasteiger partial charge on any atom is -0.454 e. The Bertz CT molecular complexity index is 550. The molecule has 106 valence electrons. The Kier molecular flexibility index (Phi) is 3.58. The lowest BCUT2D eigenvalue weighted by atomic mass is 10.1. The van der Waals surface area contributed by atoms with E-state index in [9.17, 15) is 9.18 Å². The maximum absolute atomic E-state index is 14.0. The maximum Gasteiger partial charge on any atom is 0.282 e. The van der Waals surface area contributed by atoms with Gasteiger partial charge in [0.2, 0.25) is 6.79 Å². The lowest BCUT2D eigenvalue weighted by Crippen LogP contribution is -2.35.